The van der Waals surface area contributed by atoms with Crippen molar-refractivity contribution in [3.8, 4) is 5.75 Å². The van der Waals surface area contributed by atoms with E-state index in [1.54, 1.807) is 18.9 Å². The minimum atomic E-state index is -0.0867. The number of amides is 1. The van der Waals surface area contributed by atoms with Crippen LogP contribution in [0.5, 0.6) is 5.75 Å². The van der Waals surface area contributed by atoms with Crippen molar-refractivity contribution < 1.29 is 14.3 Å². The zero-order valence-electron chi connectivity index (χ0n) is 14.5. The summed E-state index contributed by atoms with van der Waals surface area (Å²) < 4.78 is 6.55. The average molecular weight is 404 g/mol. The zero-order chi connectivity index (χ0) is 18.2. The van der Waals surface area contributed by atoms with Crippen molar-refractivity contribution in [1.29, 1.82) is 0 Å². The van der Waals surface area contributed by atoms with Gasteiger partial charge in [0.25, 0.3) is 5.91 Å². The van der Waals surface area contributed by atoms with Crippen LogP contribution in [0.4, 0.5) is 0 Å². The Morgan fingerprint density at radius 2 is 1.76 bits per heavy atom. The molecule has 0 aromatic heterocycles. The minimum Gasteiger partial charge on any atom is -0.484 e. The first kappa shape index (κ1) is 19.2. The number of benzene rings is 2. The van der Waals surface area contributed by atoms with E-state index in [4.69, 9.17) is 4.74 Å². The number of carbonyl (C=O) groups is 2. The molecule has 0 aliphatic rings. The minimum absolute atomic E-state index is 0.00621. The lowest BCUT2D eigenvalue weighted by atomic mass is 10.1. The standard InChI is InChI=1S/C20H22BrNO3/c1-15(23)7-8-16-9-11-18(12-10-16)25-14-20(24)22(2)13-17-5-3-4-6-19(17)21/h3-6,9-12H,7-8,13-14H2,1-2H3. The monoisotopic (exact) mass is 403 g/mol. The van der Waals surface area contributed by atoms with Crippen molar-refractivity contribution in [2.45, 2.75) is 26.3 Å². The zero-order valence-corrected chi connectivity index (χ0v) is 16.1. The highest BCUT2D eigenvalue weighted by Gasteiger charge is 2.11. The van der Waals surface area contributed by atoms with Gasteiger partial charge in [0.05, 0.1) is 0 Å². The van der Waals surface area contributed by atoms with Crippen molar-refractivity contribution >= 4 is 27.6 Å². The van der Waals surface area contributed by atoms with Gasteiger partial charge in [-0.2, -0.15) is 0 Å². The van der Waals surface area contributed by atoms with Gasteiger partial charge in [-0.1, -0.05) is 46.3 Å². The molecule has 0 aliphatic heterocycles. The second-order valence-corrected chi connectivity index (χ2v) is 6.83. The summed E-state index contributed by atoms with van der Waals surface area (Å²) in [6.07, 6.45) is 1.27. The SMILES string of the molecule is CC(=O)CCc1ccc(OCC(=O)N(C)Cc2ccccc2Br)cc1. The highest BCUT2D eigenvalue weighted by atomic mass is 79.9. The molecule has 0 fully saturated rings. The number of nitrogens with zero attached hydrogens (tertiary/aromatic N) is 1. The molecule has 0 spiro atoms. The smallest absolute Gasteiger partial charge is 0.260 e. The second-order valence-electron chi connectivity index (χ2n) is 5.98. The Kier molecular flexibility index (Phi) is 7.19. The molecule has 2 aromatic carbocycles. The summed E-state index contributed by atoms with van der Waals surface area (Å²) in [5, 5.41) is 0. The first-order valence-corrected chi connectivity index (χ1v) is 8.93. The van der Waals surface area contributed by atoms with Crippen LogP contribution >= 0.6 is 15.9 Å². The maximum atomic E-state index is 12.2. The Hall–Kier alpha value is -2.14. The van der Waals surface area contributed by atoms with E-state index in [-0.39, 0.29) is 18.3 Å². The van der Waals surface area contributed by atoms with E-state index in [0.717, 1.165) is 22.0 Å². The third kappa shape index (κ3) is 6.35. The Morgan fingerprint density at radius 3 is 2.40 bits per heavy atom. The predicted molar refractivity (Wildman–Crippen MR) is 102 cm³/mol. The number of carbonyl (C=O) groups excluding carboxylic acids is 2. The molecule has 0 saturated heterocycles. The summed E-state index contributed by atoms with van der Waals surface area (Å²) in [5.74, 6) is 0.740. The molecule has 4 nitrogen and oxygen atoms in total. The van der Waals surface area contributed by atoms with E-state index >= 15 is 0 Å². The Morgan fingerprint density at radius 1 is 1.08 bits per heavy atom. The number of aryl methyl sites for hydroxylation is 1. The maximum Gasteiger partial charge on any atom is 0.260 e. The van der Waals surface area contributed by atoms with Gasteiger partial charge in [0.1, 0.15) is 11.5 Å². The Balaban J connectivity index is 1.82. The molecule has 0 aliphatic carbocycles. The van der Waals surface area contributed by atoms with Gasteiger partial charge in [-0.25, -0.2) is 0 Å². The Bertz CT molecular complexity index is 728. The lowest BCUT2D eigenvalue weighted by Crippen LogP contribution is -2.31. The molecule has 0 saturated carbocycles. The quantitative estimate of drug-likeness (QED) is 0.668. The highest BCUT2D eigenvalue weighted by molar-refractivity contribution is 9.10. The van der Waals surface area contributed by atoms with Crippen LogP contribution in [-0.2, 0) is 22.6 Å². The molecule has 5 heteroatoms. The van der Waals surface area contributed by atoms with Crippen molar-refractivity contribution in [1.82, 2.24) is 4.90 Å². The molecule has 0 bridgehead atoms. The number of ether oxygens (including phenoxy) is 1. The van der Waals surface area contributed by atoms with E-state index in [9.17, 15) is 9.59 Å². The molecule has 132 valence electrons. The van der Waals surface area contributed by atoms with Crippen molar-refractivity contribution in [2.75, 3.05) is 13.7 Å². The fraction of sp³-hybridized carbons (Fsp3) is 0.300. The molecular weight excluding hydrogens is 382 g/mol. The van der Waals surface area contributed by atoms with Crippen LogP contribution in [0.25, 0.3) is 0 Å². The van der Waals surface area contributed by atoms with Crippen LogP contribution in [-0.4, -0.2) is 30.2 Å². The van der Waals surface area contributed by atoms with Gasteiger partial charge in [-0.15, -0.1) is 0 Å². The fourth-order valence-corrected chi connectivity index (χ4v) is 2.71. The van der Waals surface area contributed by atoms with Crippen LogP contribution in [0.2, 0.25) is 0 Å². The van der Waals surface area contributed by atoms with Gasteiger partial charge < -0.3 is 14.4 Å². The third-order valence-corrected chi connectivity index (χ3v) is 4.62. The Labute approximate surface area is 156 Å². The van der Waals surface area contributed by atoms with E-state index in [0.29, 0.717) is 18.7 Å². The summed E-state index contributed by atoms with van der Waals surface area (Å²) in [4.78, 5) is 24.9. The number of Topliss-reactive ketones (excluding diaryl/α,β-unsaturated/α-hetero) is 1. The first-order chi connectivity index (χ1) is 12.0. The van der Waals surface area contributed by atoms with Crippen molar-refractivity contribution in [3.63, 3.8) is 0 Å². The molecule has 1 amide bonds. The fourth-order valence-electron chi connectivity index (χ4n) is 2.30. The van der Waals surface area contributed by atoms with Crippen LogP contribution in [0, 0.1) is 0 Å². The molecule has 0 radical (unpaired) electrons. The summed E-state index contributed by atoms with van der Waals surface area (Å²) in [7, 11) is 1.76. The molecular formula is C20H22BrNO3. The number of rotatable bonds is 8. The molecule has 25 heavy (non-hydrogen) atoms. The average Bonchev–Trinajstić information content (AvgIpc) is 2.60. The largest absolute Gasteiger partial charge is 0.484 e. The number of ketones is 1. The lowest BCUT2D eigenvalue weighted by Gasteiger charge is -2.18. The van der Waals surface area contributed by atoms with Crippen molar-refractivity contribution in [2.24, 2.45) is 0 Å². The molecule has 2 rings (SSSR count). The van der Waals surface area contributed by atoms with Crippen LogP contribution in [0.1, 0.15) is 24.5 Å². The number of hydrogen-bond acceptors (Lipinski definition) is 3. The van der Waals surface area contributed by atoms with E-state index in [1.807, 2.05) is 48.5 Å². The third-order valence-electron chi connectivity index (χ3n) is 3.84. The molecule has 0 N–H and O–H groups in total. The lowest BCUT2D eigenvalue weighted by molar-refractivity contribution is -0.132. The molecule has 2 aromatic rings. The maximum absolute atomic E-state index is 12.2. The van der Waals surface area contributed by atoms with Crippen LogP contribution in [0.15, 0.2) is 53.0 Å². The predicted octanol–water partition coefficient (Wildman–Crippen LogP) is 4.01. The summed E-state index contributed by atoms with van der Waals surface area (Å²) in [5.41, 5.74) is 2.13. The second kappa shape index (κ2) is 9.37. The molecule has 0 heterocycles. The number of halogens is 1. The highest BCUT2D eigenvalue weighted by Crippen LogP contribution is 2.18. The number of hydrogen-bond donors (Lipinski definition) is 0. The van der Waals surface area contributed by atoms with Crippen LogP contribution < -0.4 is 4.74 Å². The van der Waals surface area contributed by atoms with Gasteiger partial charge in [0.2, 0.25) is 0 Å². The van der Waals surface area contributed by atoms with Crippen LogP contribution in [0.3, 0.4) is 0 Å². The molecule has 0 atom stereocenters. The van der Waals surface area contributed by atoms with Gasteiger partial charge in [-0.3, -0.25) is 4.79 Å². The summed E-state index contributed by atoms with van der Waals surface area (Å²) in [6.45, 7) is 2.11. The summed E-state index contributed by atoms with van der Waals surface area (Å²) in [6, 6.07) is 15.3. The van der Waals surface area contributed by atoms with Gasteiger partial charge >= 0.3 is 0 Å². The van der Waals surface area contributed by atoms with Gasteiger partial charge in [-0.05, 0) is 42.7 Å². The van der Waals surface area contributed by atoms with Crippen molar-refractivity contribution in [3.05, 3.63) is 64.1 Å². The summed E-state index contributed by atoms with van der Waals surface area (Å²) >= 11 is 3.49. The van der Waals surface area contributed by atoms with Gasteiger partial charge in [0, 0.05) is 24.5 Å². The first-order valence-electron chi connectivity index (χ1n) is 8.14. The number of likely N-dealkylation sites (N-methyl/N-ethyl adjacent to an activating group) is 1. The van der Waals surface area contributed by atoms with E-state index < -0.39 is 0 Å². The molecule has 0 unspecified atom stereocenters. The normalized spacial score (nSPS) is 10.4. The van der Waals surface area contributed by atoms with E-state index in [2.05, 4.69) is 15.9 Å². The van der Waals surface area contributed by atoms with E-state index in [1.165, 1.54) is 0 Å². The van der Waals surface area contributed by atoms with Gasteiger partial charge in [0.15, 0.2) is 6.61 Å². The topological polar surface area (TPSA) is 46.6 Å².